The van der Waals surface area contributed by atoms with E-state index < -0.39 is 6.04 Å². The molecule has 0 aromatic heterocycles. The summed E-state index contributed by atoms with van der Waals surface area (Å²) in [4.78, 5) is 29.1. The summed E-state index contributed by atoms with van der Waals surface area (Å²) in [5.74, 6) is 0.121. The van der Waals surface area contributed by atoms with Crippen molar-refractivity contribution in [3.05, 3.63) is 35.9 Å². The topological polar surface area (TPSA) is 52.6 Å². The molecule has 1 saturated carbocycles. The molecule has 3 rings (SSSR count). The van der Waals surface area contributed by atoms with Crippen molar-refractivity contribution in [2.45, 2.75) is 18.9 Å². The van der Waals surface area contributed by atoms with Crippen LogP contribution in [0.25, 0.3) is 0 Å². The molecule has 2 fully saturated rings. The molecule has 0 spiro atoms. The minimum absolute atomic E-state index is 0.00769. The van der Waals surface area contributed by atoms with Gasteiger partial charge in [0.25, 0.3) is 0 Å². The van der Waals surface area contributed by atoms with Gasteiger partial charge in [-0.15, -0.1) is 0 Å². The van der Waals surface area contributed by atoms with E-state index >= 15 is 0 Å². The number of nitrogens with one attached hydrogen (secondary N) is 1. The van der Waals surface area contributed by atoms with E-state index in [4.69, 9.17) is 0 Å². The first-order valence-electron chi connectivity index (χ1n) is 7.98. The Morgan fingerprint density at radius 2 is 1.73 bits per heavy atom. The van der Waals surface area contributed by atoms with Crippen LogP contribution in [0.5, 0.6) is 0 Å². The van der Waals surface area contributed by atoms with Gasteiger partial charge in [-0.3, -0.25) is 9.59 Å². The molecule has 0 radical (unpaired) electrons. The van der Waals surface area contributed by atoms with Crippen molar-refractivity contribution in [1.29, 1.82) is 0 Å². The van der Waals surface area contributed by atoms with Crippen LogP contribution in [0.3, 0.4) is 0 Å². The Labute approximate surface area is 131 Å². The molecular formula is C17H23N3O2. The van der Waals surface area contributed by atoms with Crippen LogP contribution >= 0.6 is 0 Å². The number of nitrogens with zero attached hydrogens (tertiary/aromatic N) is 2. The fraction of sp³-hybridized carbons (Fsp3) is 0.529. The Morgan fingerprint density at radius 3 is 2.32 bits per heavy atom. The van der Waals surface area contributed by atoms with Gasteiger partial charge in [-0.2, -0.15) is 0 Å². The highest BCUT2D eigenvalue weighted by molar-refractivity contribution is 5.90. The van der Waals surface area contributed by atoms with Gasteiger partial charge in [0, 0.05) is 32.1 Å². The molecule has 5 heteroatoms. The standard InChI is InChI=1S/C17H23N3O2/c1-19-9-11-20(12-10-19)17(22)15(13-5-3-2-4-6-13)18-16(21)14-7-8-14/h2-6,14-15H,7-12H2,1H3,(H,18,21)/t15-/m0/s1. The van der Waals surface area contributed by atoms with Gasteiger partial charge in [-0.25, -0.2) is 0 Å². The van der Waals surface area contributed by atoms with Gasteiger partial charge >= 0.3 is 0 Å². The summed E-state index contributed by atoms with van der Waals surface area (Å²) in [6, 6.07) is 8.99. The highest BCUT2D eigenvalue weighted by Crippen LogP contribution is 2.30. The summed E-state index contributed by atoms with van der Waals surface area (Å²) in [6.07, 6.45) is 1.88. The molecule has 2 aliphatic rings. The van der Waals surface area contributed by atoms with Crippen molar-refractivity contribution in [3.8, 4) is 0 Å². The van der Waals surface area contributed by atoms with Gasteiger partial charge in [0.05, 0.1) is 0 Å². The summed E-state index contributed by atoms with van der Waals surface area (Å²) < 4.78 is 0. The number of benzene rings is 1. The second-order valence-electron chi connectivity index (χ2n) is 6.26. The van der Waals surface area contributed by atoms with E-state index in [1.807, 2.05) is 35.2 Å². The molecule has 1 aliphatic carbocycles. The Hall–Kier alpha value is -1.88. The average Bonchev–Trinajstić information content (AvgIpc) is 3.38. The van der Waals surface area contributed by atoms with Gasteiger partial charge in [0.2, 0.25) is 11.8 Å². The fourth-order valence-electron chi connectivity index (χ4n) is 2.75. The zero-order valence-electron chi connectivity index (χ0n) is 13.0. The van der Waals surface area contributed by atoms with Crippen LogP contribution in [-0.2, 0) is 9.59 Å². The van der Waals surface area contributed by atoms with Crippen molar-refractivity contribution in [3.63, 3.8) is 0 Å². The first kappa shape index (κ1) is 15.0. The number of likely N-dealkylation sites (N-methyl/N-ethyl adjacent to an activating group) is 1. The molecule has 1 atom stereocenters. The van der Waals surface area contributed by atoms with Crippen molar-refractivity contribution >= 4 is 11.8 Å². The second kappa shape index (κ2) is 6.48. The minimum Gasteiger partial charge on any atom is -0.340 e. The van der Waals surface area contributed by atoms with Crippen LogP contribution in [0, 0.1) is 5.92 Å². The molecule has 1 aliphatic heterocycles. The lowest BCUT2D eigenvalue weighted by Crippen LogP contribution is -2.51. The van der Waals surface area contributed by atoms with E-state index in [0.29, 0.717) is 0 Å². The smallest absolute Gasteiger partial charge is 0.249 e. The van der Waals surface area contributed by atoms with Crippen LogP contribution in [-0.4, -0.2) is 54.8 Å². The zero-order valence-corrected chi connectivity index (χ0v) is 13.0. The largest absolute Gasteiger partial charge is 0.340 e. The van der Waals surface area contributed by atoms with Crippen LogP contribution in [0.4, 0.5) is 0 Å². The lowest BCUT2D eigenvalue weighted by atomic mass is 10.0. The summed E-state index contributed by atoms with van der Waals surface area (Å²) in [5, 5.41) is 2.96. The first-order valence-corrected chi connectivity index (χ1v) is 7.98. The molecule has 1 saturated heterocycles. The van der Waals surface area contributed by atoms with Crippen LogP contribution in [0.1, 0.15) is 24.4 Å². The highest BCUT2D eigenvalue weighted by Gasteiger charge is 2.35. The number of rotatable bonds is 4. The van der Waals surface area contributed by atoms with E-state index in [9.17, 15) is 9.59 Å². The monoisotopic (exact) mass is 301 g/mol. The van der Waals surface area contributed by atoms with Crippen molar-refractivity contribution < 1.29 is 9.59 Å². The Morgan fingerprint density at radius 1 is 1.09 bits per heavy atom. The third kappa shape index (κ3) is 3.47. The third-order valence-electron chi connectivity index (χ3n) is 4.43. The van der Waals surface area contributed by atoms with Crippen LogP contribution in [0.15, 0.2) is 30.3 Å². The first-order chi connectivity index (χ1) is 10.6. The summed E-state index contributed by atoms with van der Waals surface area (Å²) in [6.45, 7) is 3.20. The maximum absolute atomic E-state index is 12.9. The van der Waals surface area contributed by atoms with Gasteiger partial charge in [-0.1, -0.05) is 30.3 Å². The number of hydrogen-bond acceptors (Lipinski definition) is 3. The maximum Gasteiger partial charge on any atom is 0.249 e. The van der Waals surface area contributed by atoms with Crippen molar-refractivity contribution in [1.82, 2.24) is 15.1 Å². The van der Waals surface area contributed by atoms with E-state index in [1.165, 1.54) is 0 Å². The molecule has 22 heavy (non-hydrogen) atoms. The molecule has 2 amide bonds. The van der Waals surface area contributed by atoms with Gasteiger partial charge in [-0.05, 0) is 25.5 Å². The quantitative estimate of drug-likeness (QED) is 0.903. The Balaban J connectivity index is 1.75. The summed E-state index contributed by atoms with van der Waals surface area (Å²) in [5.41, 5.74) is 0.862. The lowest BCUT2D eigenvalue weighted by Gasteiger charge is -2.35. The van der Waals surface area contributed by atoms with E-state index in [0.717, 1.165) is 44.6 Å². The predicted molar refractivity (Wildman–Crippen MR) is 84.1 cm³/mol. The van der Waals surface area contributed by atoms with E-state index in [1.54, 1.807) is 0 Å². The molecule has 0 unspecified atom stereocenters. The molecule has 1 aromatic carbocycles. The molecular weight excluding hydrogens is 278 g/mol. The minimum atomic E-state index is -0.558. The average molecular weight is 301 g/mol. The lowest BCUT2D eigenvalue weighted by molar-refractivity contribution is -0.138. The van der Waals surface area contributed by atoms with Crippen LogP contribution < -0.4 is 5.32 Å². The molecule has 5 nitrogen and oxygen atoms in total. The molecule has 118 valence electrons. The second-order valence-corrected chi connectivity index (χ2v) is 6.26. The molecule has 0 bridgehead atoms. The SMILES string of the molecule is CN1CCN(C(=O)[C@@H](NC(=O)C2CC2)c2ccccc2)CC1. The van der Waals surface area contributed by atoms with Gasteiger partial charge in [0.15, 0.2) is 0 Å². The normalized spacial score (nSPS) is 20.5. The summed E-state index contributed by atoms with van der Waals surface area (Å²) >= 11 is 0. The van der Waals surface area contributed by atoms with E-state index in [2.05, 4.69) is 17.3 Å². The predicted octanol–water partition coefficient (Wildman–Crippen LogP) is 1.03. The highest BCUT2D eigenvalue weighted by atomic mass is 16.2. The van der Waals surface area contributed by atoms with Gasteiger partial charge < -0.3 is 15.1 Å². The number of amides is 2. The third-order valence-corrected chi connectivity index (χ3v) is 4.43. The Kier molecular flexibility index (Phi) is 4.43. The van der Waals surface area contributed by atoms with E-state index in [-0.39, 0.29) is 17.7 Å². The maximum atomic E-state index is 12.9. The summed E-state index contributed by atoms with van der Waals surface area (Å²) in [7, 11) is 2.06. The number of hydrogen-bond donors (Lipinski definition) is 1. The molecule has 1 aromatic rings. The van der Waals surface area contributed by atoms with Crippen LogP contribution in [0.2, 0.25) is 0 Å². The Bertz CT molecular complexity index is 534. The molecule has 1 heterocycles. The van der Waals surface area contributed by atoms with Crippen molar-refractivity contribution in [2.75, 3.05) is 33.2 Å². The zero-order chi connectivity index (χ0) is 15.5. The number of carbonyl (C=O) groups is 2. The number of carbonyl (C=O) groups excluding carboxylic acids is 2. The fourth-order valence-corrected chi connectivity index (χ4v) is 2.75. The number of piperazine rings is 1. The van der Waals surface area contributed by atoms with Gasteiger partial charge in [0.1, 0.15) is 6.04 Å². The van der Waals surface area contributed by atoms with Crippen molar-refractivity contribution in [2.24, 2.45) is 5.92 Å². The molecule has 1 N–H and O–H groups in total.